The van der Waals surface area contributed by atoms with Gasteiger partial charge in [0.25, 0.3) is 0 Å². The van der Waals surface area contributed by atoms with Gasteiger partial charge in [0.05, 0.1) is 18.8 Å². The smallest absolute Gasteiger partial charge is 0.224 e. The molecule has 0 unspecified atom stereocenters. The van der Waals surface area contributed by atoms with E-state index in [9.17, 15) is 0 Å². The lowest BCUT2D eigenvalue weighted by Crippen LogP contribution is -2.36. The van der Waals surface area contributed by atoms with Crippen molar-refractivity contribution in [2.24, 2.45) is 4.99 Å². The Bertz CT molecular complexity index is 1020. The third kappa shape index (κ3) is 6.47. The van der Waals surface area contributed by atoms with Crippen LogP contribution in [-0.4, -0.2) is 29.8 Å². The zero-order valence-electron chi connectivity index (χ0n) is 19.1. The van der Waals surface area contributed by atoms with E-state index in [4.69, 9.17) is 14.0 Å². The lowest BCUT2D eigenvalue weighted by Gasteiger charge is -2.15. The first-order valence-electron chi connectivity index (χ1n) is 10.8. The maximum atomic E-state index is 6.10. The van der Waals surface area contributed by atoms with Gasteiger partial charge in [-0.05, 0) is 30.5 Å². The monoisotopic (exact) mass is 437 g/mol. The minimum atomic E-state index is 0.325. The number of guanidine groups is 1. The van der Waals surface area contributed by atoms with Gasteiger partial charge in [-0.25, -0.2) is 4.98 Å². The highest BCUT2D eigenvalue weighted by Crippen LogP contribution is 2.31. The molecule has 0 aliphatic carbocycles. The number of ether oxygens (including phenoxy) is 2. The van der Waals surface area contributed by atoms with Crippen LogP contribution in [0.15, 0.2) is 58.2 Å². The fourth-order valence-electron chi connectivity index (χ4n) is 2.88. The van der Waals surface area contributed by atoms with Crippen molar-refractivity contribution in [2.75, 3.05) is 13.7 Å². The highest BCUT2D eigenvalue weighted by molar-refractivity contribution is 5.79. The fraction of sp³-hybridized carbons (Fsp3) is 0.375. The number of hydrogen-bond acceptors (Lipinski definition) is 6. The van der Waals surface area contributed by atoms with Gasteiger partial charge in [0.2, 0.25) is 5.88 Å². The van der Waals surface area contributed by atoms with Crippen LogP contribution in [-0.2, 0) is 13.1 Å². The Hall–Kier alpha value is -3.55. The van der Waals surface area contributed by atoms with Crippen LogP contribution in [0.5, 0.6) is 17.4 Å². The number of rotatable bonds is 10. The van der Waals surface area contributed by atoms with Gasteiger partial charge in [-0.3, -0.25) is 4.99 Å². The van der Waals surface area contributed by atoms with Crippen molar-refractivity contribution in [1.29, 1.82) is 0 Å². The first kappa shape index (κ1) is 23.1. The van der Waals surface area contributed by atoms with Crippen LogP contribution >= 0.6 is 0 Å². The molecule has 3 rings (SSSR count). The standard InChI is InChI=1S/C24H31N5O3/c1-5-13-30-21-10-6-7-11-22(21)31-23-18(9-8-12-26-23)15-27-24(25-4)28-16-19-14-20(17(2)3)29-32-19/h6-12,14,17H,5,13,15-16H2,1-4H3,(H2,25,27,28). The van der Waals surface area contributed by atoms with Crippen molar-refractivity contribution in [1.82, 2.24) is 20.8 Å². The second-order valence-electron chi connectivity index (χ2n) is 7.52. The highest BCUT2D eigenvalue weighted by Gasteiger charge is 2.12. The van der Waals surface area contributed by atoms with Crippen molar-refractivity contribution < 1.29 is 14.0 Å². The maximum absolute atomic E-state index is 6.10. The van der Waals surface area contributed by atoms with Crippen molar-refractivity contribution >= 4 is 5.96 Å². The molecule has 0 saturated carbocycles. The second-order valence-corrected chi connectivity index (χ2v) is 7.52. The zero-order valence-corrected chi connectivity index (χ0v) is 19.1. The molecule has 0 saturated heterocycles. The molecule has 2 aromatic heterocycles. The molecule has 2 N–H and O–H groups in total. The van der Waals surface area contributed by atoms with Crippen molar-refractivity contribution in [2.45, 2.75) is 46.2 Å². The van der Waals surface area contributed by atoms with E-state index in [1.54, 1.807) is 13.2 Å². The Kier molecular flexibility index (Phi) is 8.48. The van der Waals surface area contributed by atoms with Gasteiger partial charge in [0.15, 0.2) is 23.2 Å². The summed E-state index contributed by atoms with van der Waals surface area (Å²) in [5.74, 6) is 3.56. The molecule has 8 heteroatoms. The normalized spacial score (nSPS) is 11.5. The molecule has 1 aromatic carbocycles. The zero-order chi connectivity index (χ0) is 22.8. The molecule has 0 bridgehead atoms. The summed E-state index contributed by atoms with van der Waals surface area (Å²) in [5.41, 5.74) is 1.83. The van der Waals surface area contributed by atoms with E-state index in [2.05, 4.69) is 46.5 Å². The van der Waals surface area contributed by atoms with Crippen LogP contribution < -0.4 is 20.1 Å². The van der Waals surface area contributed by atoms with Crippen molar-refractivity contribution in [3.8, 4) is 17.4 Å². The number of nitrogens with one attached hydrogen (secondary N) is 2. The molecule has 2 heterocycles. The quantitative estimate of drug-likeness (QED) is 0.352. The first-order valence-corrected chi connectivity index (χ1v) is 10.8. The highest BCUT2D eigenvalue weighted by atomic mass is 16.5. The average molecular weight is 438 g/mol. The molecule has 0 aliphatic heterocycles. The number of benzene rings is 1. The van der Waals surface area contributed by atoms with Crippen LogP contribution in [0.1, 0.15) is 50.1 Å². The van der Waals surface area contributed by atoms with Crippen molar-refractivity contribution in [3.05, 3.63) is 65.7 Å². The van der Waals surface area contributed by atoms with E-state index in [0.717, 1.165) is 23.4 Å². The Morgan fingerprint density at radius 2 is 1.88 bits per heavy atom. The predicted molar refractivity (Wildman–Crippen MR) is 124 cm³/mol. The van der Waals surface area contributed by atoms with Gasteiger partial charge >= 0.3 is 0 Å². The van der Waals surface area contributed by atoms with E-state index in [1.165, 1.54) is 0 Å². The van der Waals surface area contributed by atoms with Crippen LogP contribution in [0, 0.1) is 0 Å². The third-order valence-electron chi connectivity index (χ3n) is 4.64. The van der Waals surface area contributed by atoms with Gasteiger partial charge in [-0.2, -0.15) is 0 Å². The minimum absolute atomic E-state index is 0.325. The number of aromatic nitrogens is 2. The molecule has 0 radical (unpaired) electrons. The molecule has 0 fully saturated rings. The molecular weight excluding hydrogens is 406 g/mol. The Labute approximate surface area is 189 Å². The largest absolute Gasteiger partial charge is 0.490 e. The molecule has 8 nitrogen and oxygen atoms in total. The molecule has 170 valence electrons. The van der Waals surface area contributed by atoms with E-state index < -0.39 is 0 Å². The number of nitrogens with zero attached hydrogens (tertiary/aromatic N) is 3. The Morgan fingerprint density at radius 3 is 2.59 bits per heavy atom. The van der Waals surface area contributed by atoms with Crippen LogP contribution in [0.4, 0.5) is 0 Å². The first-order chi connectivity index (χ1) is 15.6. The Morgan fingerprint density at radius 1 is 1.09 bits per heavy atom. The van der Waals surface area contributed by atoms with Gasteiger partial charge in [0, 0.05) is 31.4 Å². The average Bonchev–Trinajstić information content (AvgIpc) is 3.29. The van der Waals surface area contributed by atoms with Crippen LogP contribution in [0.25, 0.3) is 0 Å². The third-order valence-corrected chi connectivity index (χ3v) is 4.64. The lowest BCUT2D eigenvalue weighted by molar-refractivity contribution is 0.300. The molecule has 3 aromatic rings. The van der Waals surface area contributed by atoms with E-state index >= 15 is 0 Å². The van der Waals surface area contributed by atoms with Crippen molar-refractivity contribution in [3.63, 3.8) is 0 Å². The summed E-state index contributed by atoms with van der Waals surface area (Å²) in [7, 11) is 1.72. The van der Waals surface area contributed by atoms with Gasteiger partial charge < -0.3 is 24.6 Å². The summed E-state index contributed by atoms with van der Waals surface area (Å²) in [6.45, 7) is 7.82. The summed E-state index contributed by atoms with van der Waals surface area (Å²) in [6.07, 6.45) is 2.63. The van der Waals surface area contributed by atoms with Crippen LogP contribution in [0.3, 0.4) is 0 Å². The molecule has 0 aliphatic rings. The summed E-state index contributed by atoms with van der Waals surface area (Å²) in [6, 6.07) is 13.4. The molecule has 0 spiro atoms. The minimum Gasteiger partial charge on any atom is -0.490 e. The lowest BCUT2D eigenvalue weighted by atomic mass is 10.1. The SMILES string of the molecule is CCCOc1ccccc1Oc1ncccc1CNC(=NC)NCc1cc(C(C)C)no1. The van der Waals surface area contributed by atoms with Gasteiger partial charge in [0.1, 0.15) is 0 Å². The maximum Gasteiger partial charge on any atom is 0.224 e. The van der Waals surface area contributed by atoms with E-state index in [1.807, 2.05) is 42.5 Å². The molecule has 0 amide bonds. The number of hydrogen-bond donors (Lipinski definition) is 2. The number of aliphatic imine (C=N–C) groups is 1. The van der Waals surface area contributed by atoms with Crippen LogP contribution in [0.2, 0.25) is 0 Å². The summed E-state index contributed by atoms with van der Waals surface area (Å²) in [5, 5.41) is 10.6. The van der Waals surface area contributed by atoms with E-state index in [0.29, 0.717) is 49.0 Å². The molecule has 0 atom stereocenters. The summed E-state index contributed by atoms with van der Waals surface area (Å²) in [4.78, 5) is 8.68. The number of pyridine rings is 1. The van der Waals surface area contributed by atoms with E-state index in [-0.39, 0.29) is 0 Å². The molecule has 32 heavy (non-hydrogen) atoms. The second kappa shape index (κ2) is 11.7. The van der Waals surface area contributed by atoms with Gasteiger partial charge in [-0.1, -0.05) is 44.1 Å². The molecular formula is C24H31N5O3. The fourth-order valence-corrected chi connectivity index (χ4v) is 2.88. The number of para-hydroxylation sites is 2. The summed E-state index contributed by atoms with van der Waals surface area (Å²) >= 11 is 0. The summed E-state index contributed by atoms with van der Waals surface area (Å²) < 4.78 is 17.3. The predicted octanol–water partition coefficient (Wildman–Crippen LogP) is 4.64. The van der Waals surface area contributed by atoms with Gasteiger partial charge in [-0.15, -0.1) is 0 Å². The Balaban J connectivity index is 1.62. The topological polar surface area (TPSA) is 93.8 Å².